The minimum Gasteiger partial charge on any atom is -0.376 e. The number of carbonyl (C=O) groups is 3. The first kappa shape index (κ1) is 21.1. The summed E-state index contributed by atoms with van der Waals surface area (Å²) in [4.78, 5) is 45.5. The lowest BCUT2D eigenvalue weighted by Crippen LogP contribution is -2.59. The Kier molecular flexibility index (Phi) is 4.92. The smallest absolute Gasteiger partial charge is 0.259 e. The van der Waals surface area contributed by atoms with Gasteiger partial charge in [0, 0.05) is 32.8 Å². The standard InChI is InChI=1S/C24H26N6O3/c1-15-18(16(2)31)12-25-22-19(13-26-30(15)22)23(33)28-10-8-24(9-11-28)14-29(17(3)32)21-7-5-4-6-20(21)27-24/h4-7,12-13,27H,8-11,14H2,1-3H3. The first-order valence-corrected chi connectivity index (χ1v) is 11.1. The summed E-state index contributed by atoms with van der Waals surface area (Å²) in [5.41, 5.74) is 3.60. The summed E-state index contributed by atoms with van der Waals surface area (Å²) in [5.74, 6) is -0.200. The molecule has 1 spiro atoms. The molecule has 2 aromatic heterocycles. The molecule has 0 bridgehead atoms. The predicted octanol–water partition coefficient (Wildman–Crippen LogP) is 2.69. The van der Waals surface area contributed by atoms with Crippen LogP contribution in [0.15, 0.2) is 36.7 Å². The molecule has 0 unspecified atom stereocenters. The van der Waals surface area contributed by atoms with E-state index in [0.29, 0.717) is 42.1 Å². The number of carbonyl (C=O) groups excluding carboxylic acids is 3. The number of ketones is 1. The maximum absolute atomic E-state index is 13.3. The number of nitrogens with zero attached hydrogens (tertiary/aromatic N) is 5. The highest BCUT2D eigenvalue weighted by atomic mass is 16.2. The van der Waals surface area contributed by atoms with E-state index < -0.39 is 0 Å². The Morgan fingerprint density at radius 1 is 1.03 bits per heavy atom. The van der Waals surface area contributed by atoms with E-state index in [1.165, 1.54) is 19.3 Å². The molecular formula is C24H26N6O3. The van der Waals surface area contributed by atoms with E-state index in [1.807, 2.05) is 34.1 Å². The summed E-state index contributed by atoms with van der Waals surface area (Å²) in [7, 11) is 0. The van der Waals surface area contributed by atoms with Crippen molar-refractivity contribution in [3.63, 3.8) is 0 Å². The zero-order chi connectivity index (χ0) is 23.3. The molecule has 5 rings (SSSR count). The molecule has 33 heavy (non-hydrogen) atoms. The highest BCUT2D eigenvalue weighted by Crippen LogP contribution is 2.39. The number of aryl methyl sites for hydroxylation is 1. The number of aromatic nitrogens is 3. The lowest BCUT2D eigenvalue weighted by atomic mass is 9.84. The number of fused-ring (bicyclic) bond motifs is 2. The molecule has 0 saturated carbocycles. The molecule has 170 valence electrons. The average molecular weight is 447 g/mol. The number of hydrogen-bond acceptors (Lipinski definition) is 6. The Labute approximate surface area is 191 Å². The minimum absolute atomic E-state index is 0.0135. The SMILES string of the molecule is CC(=O)c1cnc2c(C(=O)N3CCC4(CC3)CN(C(C)=O)c3ccccc3N4)cnn2c1C. The van der Waals surface area contributed by atoms with Crippen molar-refractivity contribution in [1.82, 2.24) is 19.5 Å². The van der Waals surface area contributed by atoms with Gasteiger partial charge in [0.05, 0.1) is 34.4 Å². The maximum Gasteiger partial charge on any atom is 0.259 e. The van der Waals surface area contributed by atoms with Crippen LogP contribution in [-0.4, -0.2) is 62.3 Å². The molecule has 0 radical (unpaired) electrons. The van der Waals surface area contributed by atoms with Gasteiger partial charge in [-0.05, 0) is 38.8 Å². The number of para-hydroxylation sites is 2. The number of rotatable bonds is 2. The van der Waals surface area contributed by atoms with E-state index in [1.54, 1.807) is 18.4 Å². The molecule has 0 aliphatic carbocycles. The number of anilines is 2. The van der Waals surface area contributed by atoms with Gasteiger partial charge in [-0.1, -0.05) is 12.1 Å². The second kappa shape index (κ2) is 7.68. The van der Waals surface area contributed by atoms with Gasteiger partial charge in [-0.25, -0.2) is 9.50 Å². The van der Waals surface area contributed by atoms with Gasteiger partial charge in [-0.2, -0.15) is 5.10 Å². The summed E-state index contributed by atoms with van der Waals surface area (Å²) in [6.07, 6.45) is 4.48. The van der Waals surface area contributed by atoms with E-state index in [2.05, 4.69) is 15.4 Å². The third kappa shape index (κ3) is 3.44. The van der Waals surface area contributed by atoms with Crippen molar-refractivity contribution in [2.24, 2.45) is 0 Å². The van der Waals surface area contributed by atoms with Crippen molar-refractivity contribution in [3.05, 3.63) is 53.5 Å². The number of benzene rings is 1. The summed E-state index contributed by atoms with van der Waals surface area (Å²) >= 11 is 0. The Bertz CT molecular complexity index is 1290. The zero-order valence-corrected chi connectivity index (χ0v) is 19.0. The van der Waals surface area contributed by atoms with Gasteiger partial charge in [0.2, 0.25) is 5.91 Å². The number of likely N-dealkylation sites (tertiary alicyclic amines) is 1. The van der Waals surface area contributed by atoms with Gasteiger partial charge in [0.1, 0.15) is 5.56 Å². The highest BCUT2D eigenvalue weighted by Gasteiger charge is 2.42. The Balaban J connectivity index is 1.37. The molecule has 1 N–H and O–H groups in total. The largest absolute Gasteiger partial charge is 0.376 e. The molecule has 1 fully saturated rings. The lowest BCUT2D eigenvalue weighted by Gasteiger charge is -2.48. The van der Waals surface area contributed by atoms with Crippen molar-refractivity contribution in [2.75, 3.05) is 29.9 Å². The van der Waals surface area contributed by atoms with Crippen LogP contribution in [0.3, 0.4) is 0 Å². The number of amides is 2. The number of nitrogens with one attached hydrogen (secondary N) is 1. The fraction of sp³-hybridized carbons (Fsp3) is 0.375. The first-order chi connectivity index (χ1) is 15.8. The average Bonchev–Trinajstić information content (AvgIpc) is 3.23. The molecular weight excluding hydrogens is 420 g/mol. The summed E-state index contributed by atoms with van der Waals surface area (Å²) in [5, 5.41) is 7.97. The molecule has 0 atom stereocenters. The fourth-order valence-electron chi connectivity index (χ4n) is 4.94. The van der Waals surface area contributed by atoms with Crippen LogP contribution < -0.4 is 10.2 Å². The van der Waals surface area contributed by atoms with Crippen LogP contribution in [0.2, 0.25) is 0 Å². The van der Waals surface area contributed by atoms with Crippen molar-refractivity contribution in [3.8, 4) is 0 Å². The summed E-state index contributed by atoms with van der Waals surface area (Å²) in [6.45, 7) is 6.56. The second-order valence-electron chi connectivity index (χ2n) is 8.93. The van der Waals surface area contributed by atoms with Gasteiger partial charge in [-0.15, -0.1) is 0 Å². The van der Waals surface area contributed by atoms with Gasteiger partial charge in [-0.3, -0.25) is 14.4 Å². The van der Waals surface area contributed by atoms with Crippen LogP contribution >= 0.6 is 0 Å². The van der Waals surface area contributed by atoms with E-state index in [-0.39, 0.29) is 23.1 Å². The van der Waals surface area contributed by atoms with Gasteiger partial charge in [0.25, 0.3) is 5.91 Å². The molecule has 2 aliphatic heterocycles. The normalized spacial score (nSPS) is 17.1. The van der Waals surface area contributed by atoms with Crippen molar-refractivity contribution < 1.29 is 14.4 Å². The van der Waals surface area contributed by atoms with Crippen molar-refractivity contribution >= 4 is 34.6 Å². The Morgan fingerprint density at radius 3 is 2.45 bits per heavy atom. The summed E-state index contributed by atoms with van der Waals surface area (Å²) < 4.78 is 1.56. The molecule has 1 saturated heterocycles. The maximum atomic E-state index is 13.3. The molecule has 9 nitrogen and oxygen atoms in total. The van der Waals surface area contributed by atoms with Gasteiger partial charge >= 0.3 is 0 Å². The number of hydrogen-bond donors (Lipinski definition) is 1. The van der Waals surface area contributed by atoms with E-state index in [9.17, 15) is 14.4 Å². The Hall–Kier alpha value is -3.75. The second-order valence-corrected chi connectivity index (χ2v) is 8.93. The van der Waals surface area contributed by atoms with Crippen LogP contribution in [0.25, 0.3) is 5.65 Å². The highest BCUT2D eigenvalue weighted by molar-refractivity contribution is 6.01. The molecule has 2 aliphatic rings. The van der Waals surface area contributed by atoms with Gasteiger partial charge < -0.3 is 15.1 Å². The third-order valence-corrected chi connectivity index (χ3v) is 6.82. The predicted molar refractivity (Wildman–Crippen MR) is 124 cm³/mol. The molecule has 9 heteroatoms. The van der Waals surface area contributed by atoms with Crippen LogP contribution in [0.1, 0.15) is 53.1 Å². The van der Waals surface area contributed by atoms with E-state index in [4.69, 9.17) is 0 Å². The topological polar surface area (TPSA) is 99.9 Å². The van der Waals surface area contributed by atoms with E-state index in [0.717, 1.165) is 24.2 Å². The first-order valence-electron chi connectivity index (χ1n) is 11.1. The zero-order valence-electron chi connectivity index (χ0n) is 19.0. The quantitative estimate of drug-likeness (QED) is 0.608. The van der Waals surface area contributed by atoms with Crippen LogP contribution in [0, 0.1) is 6.92 Å². The van der Waals surface area contributed by atoms with Crippen molar-refractivity contribution in [2.45, 2.75) is 39.2 Å². The summed E-state index contributed by atoms with van der Waals surface area (Å²) in [6, 6.07) is 7.83. The number of Topliss-reactive ketones (excluding diaryl/α,β-unsaturated/α-hetero) is 1. The molecule has 2 amide bonds. The molecule has 3 aromatic rings. The monoisotopic (exact) mass is 446 g/mol. The third-order valence-electron chi connectivity index (χ3n) is 6.82. The van der Waals surface area contributed by atoms with Gasteiger partial charge in [0.15, 0.2) is 11.4 Å². The van der Waals surface area contributed by atoms with Crippen LogP contribution in [0.5, 0.6) is 0 Å². The number of piperidine rings is 1. The molecule has 4 heterocycles. The van der Waals surface area contributed by atoms with E-state index >= 15 is 0 Å². The van der Waals surface area contributed by atoms with Crippen LogP contribution in [0.4, 0.5) is 11.4 Å². The van der Waals surface area contributed by atoms with Crippen LogP contribution in [-0.2, 0) is 4.79 Å². The molecule has 1 aromatic carbocycles. The Morgan fingerprint density at radius 2 is 1.76 bits per heavy atom. The lowest BCUT2D eigenvalue weighted by molar-refractivity contribution is -0.116. The minimum atomic E-state index is -0.275. The van der Waals surface area contributed by atoms with Crippen molar-refractivity contribution in [1.29, 1.82) is 0 Å². The fourth-order valence-corrected chi connectivity index (χ4v) is 4.94.